The molecule has 0 bridgehead atoms. The van der Waals surface area contributed by atoms with E-state index in [1.165, 1.54) is 11.3 Å². The van der Waals surface area contributed by atoms with Gasteiger partial charge in [-0.3, -0.25) is 14.5 Å². The first-order valence-corrected chi connectivity index (χ1v) is 7.30. The zero-order valence-electron chi connectivity index (χ0n) is 12.3. The van der Waals surface area contributed by atoms with Crippen molar-refractivity contribution in [2.75, 3.05) is 20.6 Å². The number of nitrogens with zero attached hydrogens (tertiary/aromatic N) is 2. The molecule has 20 heavy (non-hydrogen) atoms. The van der Waals surface area contributed by atoms with Gasteiger partial charge in [-0.15, -0.1) is 0 Å². The number of rotatable bonds is 2. The molecule has 1 heterocycles. The van der Waals surface area contributed by atoms with Crippen molar-refractivity contribution in [2.45, 2.75) is 50.5 Å². The topological polar surface area (TPSA) is 69.7 Å². The van der Waals surface area contributed by atoms with Crippen molar-refractivity contribution in [1.29, 1.82) is 0 Å². The summed E-state index contributed by atoms with van der Waals surface area (Å²) >= 11 is 0. The number of likely N-dealkylation sites (N-methyl/N-ethyl adjacent to an activating group) is 1. The third kappa shape index (κ3) is 2.78. The summed E-state index contributed by atoms with van der Waals surface area (Å²) in [5.74, 6) is -0.462. The number of imide groups is 1. The summed E-state index contributed by atoms with van der Waals surface area (Å²) in [6.45, 7) is -0.167. The predicted octanol–water partition coefficient (Wildman–Crippen LogP) is 1.11. The van der Waals surface area contributed by atoms with Crippen molar-refractivity contribution in [2.24, 2.45) is 0 Å². The third-order valence-electron chi connectivity index (χ3n) is 4.25. The molecular formula is C14H23N3O3. The zero-order valence-corrected chi connectivity index (χ0v) is 12.3. The van der Waals surface area contributed by atoms with E-state index in [-0.39, 0.29) is 18.4 Å². The first kappa shape index (κ1) is 14.8. The van der Waals surface area contributed by atoms with Gasteiger partial charge in [-0.05, 0) is 12.8 Å². The molecule has 112 valence electrons. The normalized spacial score (nSPS) is 22.4. The van der Waals surface area contributed by atoms with Crippen molar-refractivity contribution in [3.8, 4) is 0 Å². The Morgan fingerprint density at radius 1 is 1.15 bits per heavy atom. The Hall–Kier alpha value is -1.59. The van der Waals surface area contributed by atoms with Crippen molar-refractivity contribution >= 4 is 17.8 Å². The molecule has 6 nitrogen and oxygen atoms in total. The summed E-state index contributed by atoms with van der Waals surface area (Å²) in [6.07, 6.45) is 6.65. The fraction of sp³-hybridized carbons (Fsp3) is 0.786. The fourth-order valence-electron chi connectivity index (χ4n) is 2.94. The van der Waals surface area contributed by atoms with Crippen molar-refractivity contribution in [1.82, 2.24) is 15.1 Å². The second-order valence-corrected chi connectivity index (χ2v) is 5.96. The second-order valence-electron chi connectivity index (χ2n) is 5.96. The Labute approximate surface area is 119 Å². The van der Waals surface area contributed by atoms with Crippen LogP contribution in [0.25, 0.3) is 0 Å². The van der Waals surface area contributed by atoms with Crippen LogP contribution < -0.4 is 5.32 Å². The predicted molar refractivity (Wildman–Crippen MR) is 74.0 cm³/mol. The number of hydrogen-bond donors (Lipinski definition) is 1. The molecule has 0 unspecified atom stereocenters. The van der Waals surface area contributed by atoms with E-state index in [1.807, 2.05) is 0 Å². The number of urea groups is 1. The van der Waals surface area contributed by atoms with Crippen LogP contribution in [0.4, 0.5) is 4.79 Å². The number of hydrogen-bond acceptors (Lipinski definition) is 3. The molecule has 1 aliphatic carbocycles. The van der Waals surface area contributed by atoms with Crippen LogP contribution in [-0.4, -0.2) is 53.8 Å². The number of amides is 4. The fourth-order valence-corrected chi connectivity index (χ4v) is 2.94. The molecule has 0 aromatic carbocycles. The lowest BCUT2D eigenvalue weighted by atomic mass is 9.84. The largest absolute Gasteiger partial charge is 0.347 e. The number of carbonyl (C=O) groups is 3. The molecule has 2 fully saturated rings. The first-order valence-electron chi connectivity index (χ1n) is 7.30. The lowest BCUT2D eigenvalue weighted by Crippen LogP contribution is -2.48. The Kier molecular flexibility index (Phi) is 4.30. The van der Waals surface area contributed by atoms with Crippen LogP contribution in [0.3, 0.4) is 0 Å². The van der Waals surface area contributed by atoms with Crippen LogP contribution in [0.5, 0.6) is 0 Å². The van der Waals surface area contributed by atoms with Gasteiger partial charge in [0.15, 0.2) is 0 Å². The second kappa shape index (κ2) is 5.81. The highest BCUT2D eigenvalue weighted by atomic mass is 16.2. The molecule has 0 atom stereocenters. The standard InChI is InChI=1S/C14H23N3O3/c1-16(2)11(18)10-17-12(19)14(15-13(17)20)8-6-4-3-5-7-9-14/h3-10H2,1-2H3,(H,15,20). The average Bonchev–Trinajstić information content (AvgIpc) is 2.59. The van der Waals surface area contributed by atoms with Crippen molar-refractivity contribution < 1.29 is 14.4 Å². The van der Waals surface area contributed by atoms with Crippen LogP contribution >= 0.6 is 0 Å². The molecule has 0 aromatic rings. The van der Waals surface area contributed by atoms with Gasteiger partial charge >= 0.3 is 6.03 Å². The summed E-state index contributed by atoms with van der Waals surface area (Å²) in [7, 11) is 3.23. The molecule has 0 aromatic heterocycles. The average molecular weight is 281 g/mol. The van der Waals surface area contributed by atoms with Gasteiger partial charge in [0.25, 0.3) is 5.91 Å². The SMILES string of the molecule is CN(C)C(=O)CN1C(=O)NC2(CCCCCCC2)C1=O. The summed E-state index contributed by atoms with van der Waals surface area (Å²) in [6, 6.07) is -0.425. The highest BCUT2D eigenvalue weighted by molar-refractivity contribution is 6.09. The Balaban J connectivity index is 2.12. The molecule has 1 aliphatic heterocycles. The highest BCUT2D eigenvalue weighted by Gasteiger charge is 2.50. The van der Waals surface area contributed by atoms with Gasteiger partial charge in [0.2, 0.25) is 5.91 Å². The molecule has 1 saturated heterocycles. The summed E-state index contributed by atoms with van der Waals surface area (Å²) in [4.78, 5) is 38.8. The summed E-state index contributed by atoms with van der Waals surface area (Å²) in [5.41, 5.74) is -0.760. The van der Waals surface area contributed by atoms with Gasteiger partial charge in [-0.2, -0.15) is 0 Å². The molecule has 0 radical (unpaired) electrons. The van der Waals surface area contributed by atoms with Gasteiger partial charge in [-0.1, -0.05) is 32.1 Å². The zero-order chi connectivity index (χ0) is 14.8. The molecule has 6 heteroatoms. The Morgan fingerprint density at radius 2 is 1.70 bits per heavy atom. The van der Waals surface area contributed by atoms with E-state index in [9.17, 15) is 14.4 Å². The van der Waals surface area contributed by atoms with Gasteiger partial charge in [0, 0.05) is 14.1 Å². The maximum Gasteiger partial charge on any atom is 0.325 e. The molecule has 4 amide bonds. The van der Waals surface area contributed by atoms with Crippen LogP contribution in [-0.2, 0) is 9.59 Å². The van der Waals surface area contributed by atoms with Gasteiger partial charge in [-0.25, -0.2) is 4.79 Å². The van der Waals surface area contributed by atoms with E-state index in [0.717, 1.165) is 30.6 Å². The third-order valence-corrected chi connectivity index (χ3v) is 4.25. The van der Waals surface area contributed by atoms with Gasteiger partial charge in [0.05, 0.1) is 0 Å². The van der Waals surface area contributed by atoms with E-state index in [0.29, 0.717) is 12.8 Å². The molecule has 1 spiro atoms. The van der Waals surface area contributed by atoms with Crippen LogP contribution in [0.1, 0.15) is 44.9 Å². The number of nitrogens with one attached hydrogen (secondary N) is 1. The lowest BCUT2D eigenvalue weighted by Gasteiger charge is -2.28. The molecule has 1 saturated carbocycles. The Bertz CT molecular complexity index is 412. The first-order chi connectivity index (χ1) is 9.46. The van der Waals surface area contributed by atoms with E-state index >= 15 is 0 Å². The van der Waals surface area contributed by atoms with Crippen molar-refractivity contribution in [3.63, 3.8) is 0 Å². The summed E-state index contributed by atoms with van der Waals surface area (Å²) in [5, 5.41) is 2.85. The van der Waals surface area contributed by atoms with Gasteiger partial charge in [0.1, 0.15) is 12.1 Å². The highest BCUT2D eigenvalue weighted by Crippen LogP contribution is 2.31. The van der Waals surface area contributed by atoms with Crippen LogP contribution in [0.15, 0.2) is 0 Å². The minimum absolute atomic E-state index is 0.167. The molecule has 2 rings (SSSR count). The molecule has 2 aliphatic rings. The maximum absolute atomic E-state index is 12.6. The molecule has 1 N–H and O–H groups in total. The lowest BCUT2D eigenvalue weighted by molar-refractivity contribution is -0.138. The van der Waals surface area contributed by atoms with Crippen LogP contribution in [0, 0.1) is 0 Å². The minimum Gasteiger partial charge on any atom is -0.347 e. The van der Waals surface area contributed by atoms with E-state index in [1.54, 1.807) is 14.1 Å². The monoisotopic (exact) mass is 281 g/mol. The quantitative estimate of drug-likeness (QED) is 0.771. The molecular weight excluding hydrogens is 258 g/mol. The maximum atomic E-state index is 12.6. The minimum atomic E-state index is -0.760. The van der Waals surface area contributed by atoms with Gasteiger partial charge < -0.3 is 10.2 Å². The smallest absolute Gasteiger partial charge is 0.325 e. The van der Waals surface area contributed by atoms with E-state index in [4.69, 9.17) is 0 Å². The van der Waals surface area contributed by atoms with Crippen molar-refractivity contribution in [3.05, 3.63) is 0 Å². The van der Waals surface area contributed by atoms with Crippen LogP contribution in [0.2, 0.25) is 0 Å². The Morgan fingerprint density at radius 3 is 2.25 bits per heavy atom. The summed E-state index contributed by atoms with van der Waals surface area (Å²) < 4.78 is 0. The van der Waals surface area contributed by atoms with E-state index in [2.05, 4.69) is 5.32 Å². The van der Waals surface area contributed by atoms with E-state index < -0.39 is 11.6 Å². The number of carbonyl (C=O) groups excluding carboxylic acids is 3.